The lowest BCUT2D eigenvalue weighted by molar-refractivity contribution is -0.145. The van der Waals surface area contributed by atoms with Crippen molar-refractivity contribution in [3.8, 4) is 0 Å². The third-order valence-electron chi connectivity index (χ3n) is 9.96. The fourth-order valence-corrected chi connectivity index (χ4v) is 7.89. The van der Waals surface area contributed by atoms with Crippen molar-refractivity contribution in [2.75, 3.05) is 6.54 Å². The number of hydrogen-bond donors (Lipinski definition) is 4. The predicted octanol–water partition coefficient (Wildman–Crippen LogP) is 1.79. The molecule has 3 aliphatic carbocycles. The first-order valence-electron chi connectivity index (χ1n) is 16.8. The maximum absolute atomic E-state index is 14.3. The molecular weight excluding hydrogens is 652 g/mol. The van der Waals surface area contributed by atoms with Gasteiger partial charge in [0.25, 0.3) is 5.91 Å². The number of alkyl carbamates (subject to hydrolysis) is 1. The first kappa shape index (κ1) is 34.6. The number of nitrogens with one attached hydrogen (secondary N) is 4. The van der Waals surface area contributed by atoms with Crippen LogP contribution in [0.1, 0.15) is 83.3 Å². The molecule has 2 aliphatic heterocycles. The van der Waals surface area contributed by atoms with Crippen molar-refractivity contribution < 1.29 is 37.1 Å². The Hall–Kier alpha value is -4.27. The molecule has 0 radical (unpaired) electrons. The number of carbonyl (C=O) groups is 5. The number of nitrogens with zero attached hydrogens (tertiary/aromatic N) is 2. The first-order valence-corrected chi connectivity index (χ1v) is 18.4. The Morgan fingerprint density at radius 1 is 1.10 bits per heavy atom. The van der Waals surface area contributed by atoms with Gasteiger partial charge >= 0.3 is 6.09 Å². The predicted molar refractivity (Wildman–Crippen MR) is 178 cm³/mol. The molecule has 2 heterocycles. The number of fused-ring (bicyclic) bond motifs is 1. The second-order valence-corrected chi connectivity index (χ2v) is 16.9. The van der Waals surface area contributed by atoms with Gasteiger partial charge in [-0.2, -0.15) is 0 Å². The molecular formula is C34H44N6O8S. The van der Waals surface area contributed by atoms with Gasteiger partial charge < -0.3 is 25.6 Å². The summed E-state index contributed by atoms with van der Waals surface area (Å²) in [5, 5.41) is 7.71. The topological polar surface area (TPSA) is 192 Å². The van der Waals surface area contributed by atoms with Gasteiger partial charge in [-0.1, -0.05) is 45.5 Å². The van der Waals surface area contributed by atoms with Crippen LogP contribution in [0.25, 0.3) is 0 Å². The van der Waals surface area contributed by atoms with Crippen molar-refractivity contribution in [3.63, 3.8) is 0 Å². The van der Waals surface area contributed by atoms with Crippen molar-refractivity contribution in [1.29, 1.82) is 0 Å². The highest BCUT2D eigenvalue weighted by molar-refractivity contribution is 7.91. The molecule has 0 aromatic heterocycles. The molecule has 5 amide bonds. The van der Waals surface area contributed by atoms with Crippen molar-refractivity contribution in [1.82, 2.24) is 25.6 Å². The Labute approximate surface area is 285 Å². The van der Waals surface area contributed by atoms with Gasteiger partial charge in [0.2, 0.25) is 33.6 Å². The summed E-state index contributed by atoms with van der Waals surface area (Å²) in [5.74, 6) is -1.93. The number of aliphatic imine (C=N–C) groups is 1. The molecule has 14 nitrogen and oxygen atoms in total. The highest BCUT2D eigenvalue weighted by Crippen LogP contribution is 2.39. The zero-order valence-corrected chi connectivity index (χ0v) is 28.9. The molecule has 1 saturated heterocycles. The van der Waals surface area contributed by atoms with Crippen molar-refractivity contribution >= 4 is 45.6 Å². The molecule has 1 unspecified atom stereocenters. The normalized spacial score (nSPS) is 25.3. The summed E-state index contributed by atoms with van der Waals surface area (Å²) < 4.78 is 32.9. The lowest BCUT2D eigenvalue weighted by Gasteiger charge is -2.44. The van der Waals surface area contributed by atoms with E-state index in [-0.39, 0.29) is 31.2 Å². The SMILES string of the molecule is C=C1CCC1(NC(=O)[C@@H]1C[C@@H](NC(=O)OC2=NCc3ccccc32)CN1C(=O)[C@@H](NC(=O)CC1CC1)C(C)(C)C)C(=O)NS(=O)(=O)C1CC1. The summed E-state index contributed by atoms with van der Waals surface area (Å²) in [6, 6.07) is 4.45. The average Bonchev–Trinajstić information content (AvgIpc) is 3.96. The van der Waals surface area contributed by atoms with E-state index in [2.05, 4.69) is 32.2 Å². The van der Waals surface area contributed by atoms with Crippen LogP contribution in [-0.4, -0.2) is 84.4 Å². The number of carbonyl (C=O) groups excluding carboxylic acids is 5. The molecule has 1 aromatic carbocycles. The minimum atomic E-state index is -3.91. The Balaban J connectivity index is 1.21. The van der Waals surface area contributed by atoms with Crippen LogP contribution in [0.5, 0.6) is 0 Å². The molecule has 264 valence electrons. The third kappa shape index (κ3) is 7.36. The van der Waals surface area contributed by atoms with Crippen LogP contribution < -0.4 is 20.7 Å². The molecule has 5 aliphatic rings. The Morgan fingerprint density at radius 2 is 1.82 bits per heavy atom. The lowest BCUT2D eigenvalue weighted by atomic mass is 9.71. The number of sulfonamides is 1. The van der Waals surface area contributed by atoms with Crippen LogP contribution in [0.15, 0.2) is 41.4 Å². The molecule has 4 fully saturated rings. The number of likely N-dealkylation sites (tertiary alicyclic amines) is 1. The van der Waals surface area contributed by atoms with Gasteiger partial charge in [-0.05, 0) is 73.5 Å². The van der Waals surface area contributed by atoms with E-state index >= 15 is 0 Å². The standard InChI is InChI=1S/C34H44N6O8S/c1-19-13-14-34(19,31(44)39-49(46,47)23-11-12-23)38-28(42)25-16-22(36-32(45)48-29-24-8-6-5-7-21(24)17-35-29)18-40(25)30(43)27(33(2,3)4)37-26(41)15-20-9-10-20/h5-8,20,22-23,25,27H,1,9-18H2,2-4H3,(H,36,45)(H,37,41)(H,38,42)(H,39,44)/t22-,25+,27-,34?/m1/s1. The minimum absolute atomic E-state index is 0.0346. The summed E-state index contributed by atoms with van der Waals surface area (Å²) in [5.41, 5.74) is -0.459. The van der Waals surface area contributed by atoms with Gasteiger partial charge in [0.1, 0.15) is 17.6 Å². The van der Waals surface area contributed by atoms with E-state index in [1.807, 2.05) is 39.0 Å². The first-order chi connectivity index (χ1) is 23.1. The highest BCUT2D eigenvalue weighted by Gasteiger charge is 2.54. The van der Waals surface area contributed by atoms with Gasteiger partial charge in [0.15, 0.2) is 0 Å². The fraction of sp³-hybridized carbons (Fsp3) is 0.588. The summed E-state index contributed by atoms with van der Waals surface area (Å²) in [4.78, 5) is 73.4. The zero-order valence-electron chi connectivity index (χ0n) is 28.0. The maximum atomic E-state index is 14.3. The molecule has 0 spiro atoms. The van der Waals surface area contributed by atoms with E-state index in [0.29, 0.717) is 49.3 Å². The van der Waals surface area contributed by atoms with Crippen LogP contribution in [0.2, 0.25) is 0 Å². The third-order valence-corrected chi connectivity index (χ3v) is 11.8. The number of hydrogen-bond acceptors (Lipinski definition) is 9. The number of amides is 5. The number of rotatable bonds is 10. The van der Waals surface area contributed by atoms with Gasteiger partial charge in [-0.3, -0.25) is 23.9 Å². The zero-order chi connectivity index (χ0) is 35.3. The largest absolute Gasteiger partial charge is 0.414 e. The Morgan fingerprint density at radius 3 is 2.43 bits per heavy atom. The van der Waals surface area contributed by atoms with E-state index in [1.54, 1.807) is 6.07 Å². The Kier molecular flexibility index (Phi) is 9.09. The van der Waals surface area contributed by atoms with Crippen molar-refractivity contribution in [3.05, 3.63) is 47.5 Å². The highest BCUT2D eigenvalue weighted by atomic mass is 32.2. The second-order valence-electron chi connectivity index (χ2n) is 14.9. The van der Waals surface area contributed by atoms with Crippen LogP contribution in [0, 0.1) is 11.3 Å². The fourth-order valence-electron chi connectivity index (χ4n) is 6.54. The molecule has 1 aromatic rings. The quantitative estimate of drug-likeness (QED) is 0.266. The summed E-state index contributed by atoms with van der Waals surface area (Å²) in [6.07, 6.45) is 2.79. The summed E-state index contributed by atoms with van der Waals surface area (Å²) >= 11 is 0. The van der Waals surface area contributed by atoms with Crippen LogP contribution in [0.4, 0.5) is 4.79 Å². The molecule has 4 atom stereocenters. The van der Waals surface area contributed by atoms with Gasteiger partial charge in [0, 0.05) is 18.5 Å². The van der Waals surface area contributed by atoms with Gasteiger partial charge in [-0.15, -0.1) is 0 Å². The number of benzene rings is 1. The number of ether oxygens (including phenoxy) is 1. The molecule has 6 rings (SSSR count). The molecule has 15 heteroatoms. The monoisotopic (exact) mass is 696 g/mol. The maximum Gasteiger partial charge on any atom is 0.414 e. The molecule has 49 heavy (non-hydrogen) atoms. The molecule has 0 bridgehead atoms. The summed E-state index contributed by atoms with van der Waals surface area (Å²) in [7, 11) is -3.91. The van der Waals surface area contributed by atoms with E-state index < -0.39 is 68.2 Å². The van der Waals surface area contributed by atoms with Crippen molar-refractivity contribution in [2.24, 2.45) is 16.3 Å². The summed E-state index contributed by atoms with van der Waals surface area (Å²) in [6.45, 7) is 9.63. The van der Waals surface area contributed by atoms with E-state index in [0.717, 1.165) is 18.4 Å². The van der Waals surface area contributed by atoms with Crippen LogP contribution in [0.3, 0.4) is 0 Å². The average molecular weight is 697 g/mol. The Bertz CT molecular complexity index is 1730. The van der Waals surface area contributed by atoms with Crippen molar-refractivity contribution in [2.45, 2.75) is 108 Å². The van der Waals surface area contributed by atoms with Gasteiger partial charge in [-0.25, -0.2) is 18.2 Å². The molecule has 3 saturated carbocycles. The van der Waals surface area contributed by atoms with E-state index in [9.17, 15) is 32.4 Å². The molecule has 4 N–H and O–H groups in total. The van der Waals surface area contributed by atoms with Crippen LogP contribution >= 0.6 is 0 Å². The lowest BCUT2D eigenvalue weighted by Crippen LogP contribution is -2.67. The minimum Gasteiger partial charge on any atom is -0.391 e. The van der Waals surface area contributed by atoms with E-state index in [1.165, 1.54) is 4.90 Å². The van der Waals surface area contributed by atoms with Gasteiger partial charge in [0.05, 0.1) is 17.8 Å². The smallest absolute Gasteiger partial charge is 0.391 e. The van der Waals surface area contributed by atoms with E-state index in [4.69, 9.17) is 4.74 Å². The van der Waals surface area contributed by atoms with Crippen LogP contribution in [-0.2, 0) is 40.5 Å². The second kappa shape index (κ2) is 12.9.